The second kappa shape index (κ2) is 22.5. The van der Waals surface area contributed by atoms with Crippen LogP contribution in [0.25, 0.3) is 0 Å². The van der Waals surface area contributed by atoms with E-state index in [0.717, 1.165) is 17.2 Å². The quantitative estimate of drug-likeness (QED) is 0.0220. The molecule has 47 heavy (non-hydrogen) atoms. The van der Waals surface area contributed by atoms with E-state index in [4.69, 9.17) is 21.3 Å². The summed E-state index contributed by atoms with van der Waals surface area (Å²) in [5.74, 6) is -0.979. The third-order valence-electron chi connectivity index (χ3n) is 6.01. The number of anilines is 2. The Kier molecular flexibility index (Phi) is 19.1. The number of nitrogens with zero attached hydrogens (tertiary/aromatic N) is 2. The van der Waals surface area contributed by atoms with Crippen molar-refractivity contribution in [1.29, 1.82) is 0 Å². The van der Waals surface area contributed by atoms with Crippen molar-refractivity contribution >= 4 is 50.0 Å². The lowest BCUT2D eigenvalue weighted by atomic mass is 10.0. The number of hydrogen-bond acceptors (Lipinski definition) is 12. The van der Waals surface area contributed by atoms with Gasteiger partial charge in [0.15, 0.2) is 0 Å². The van der Waals surface area contributed by atoms with Gasteiger partial charge in [-0.05, 0) is 28.4 Å². The van der Waals surface area contributed by atoms with E-state index < -0.39 is 49.2 Å². The van der Waals surface area contributed by atoms with Crippen LogP contribution in [0.3, 0.4) is 0 Å². The van der Waals surface area contributed by atoms with E-state index in [0.29, 0.717) is 12.5 Å². The minimum Gasteiger partial charge on any atom is -0.395 e. The van der Waals surface area contributed by atoms with E-state index >= 15 is 0 Å². The van der Waals surface area contributed by atoms with Crippen molar-refractivity contribution in [2.24, 2.45) is 10.9 Å². The van der Waals surface area contributed by atoms with Gasteiger partial charge in [0, 0.05) is 32.0 Å². The first kappa shape index (κ1) is 40.0. The van der Waals surface area contributed by atoms with Gasteiger partial charge in [-0.1, -0.05) is 74.5 Å². The van der Waals surface area contributed by atoms with Crippen LogP contribution in [-0.4, -0.2) is 64.1 Å². The lowest BCUT2D eigenvalue weighted by Gasteiger charge is -2.22. The van der Waals surface area contributed by atoms with Gasteiger partial charge >= 0.3 is 5.69 Å². The first-order valence-electron chi connectivity index (χ1n) is 14.3. The summed E-state index contributed by atoms with van der Waals surface area (Å²) in [6, 6.07) is 19.2. The highest BCUT2D eigenvalue weighted by atomic mass is 31.1. The molecule has 0 aromatic heterocycles. The first-order valence-corrected chi connectivity index (χ1v) is 15.2. The summed E-state index contributed by atoms with van der Waals surface area (Å²) >= 11 is 0. The van der Waals surface area contributed by atoms with Gasteiger partial charge < -0.3 is 42.5 Å². The predicted octanol–water partition coefficient (Wildman–Crippen LogP) is 2.02. The number of nitroso groups, excluding NO2 is 1. The van der Waals surface area contributed by atoms with Crippen molar-refractivity contribution in [3.63, 3.8) is 0 Å². The van der Waals surface area contributed by atoms with E-state index in [1.165, 1.54) is 6.07 Å². The number of nitro groups is 1. The van der Waals surface area contributed by atoms with Crippen LogP contribution < -0.4 is 32.7 Å². The van der Waals surface area contributed by atoms with E-state index in [1.54, 1.807) is 0 Å². The molecular weight excluding hydrogens is 631 g/mol. The zero-order chi connectivity index (χ0) is 35.2. The van der Waals surface area contributed by atoms with Gasteiger partial charge in [-0.3, -0.25) is 24.5 Å². The van der Waals surface area contributed by atoms with E-state index in [9.17, 15) is 29.4 Å². The highest BCUT2D eigenvalue weighted by Crippen LogP contribution is 2.38. The third kappa shape index (κ3) is 15.2. The van der Waals surface area contributed by atoms with Crippen LogP contribution in [0.15, 0.2) is 78.0 Å². The van der Waals surface area contributed by atoms with Gasteiger partial charge in [-0.2, -0.15) is 0 Å². The van der Waals surface area contributed by atoms with Gasteiger partial charge in [0.1, 0.15) is 21.1 Å². The molecule has 0 fully saturated rings. The van der Waals surface area contributed by atoms with Gasteiger partial charge in [0.25, 0.3) is 0 Å². The zero-order valence-corrected chi connectivity index (χ0v) is 27.0. The Morgan fingerprint density at radius 1 is 0.936 bits per heavy atom. The average molecular weight is 673 g/mol. The number of nitrogens with two attached hydrogens (primary N) is 2. The SMILES string of the molecule is CC(C)N.Nc1c(NCCNC(=O)C(Cc2ccccc2)NC(=O)C(Cc2ccccc2)NC=O)ccc([N+](=O)[O-])c1N=O.OPO. The average Bonchev–Trinajstić information content (AvgIpc) is 3.04. The number of hydrogen-bond donors (Lipinski definition) is 8. The minimum atomic E-state index is -0.947. The van der Waals surface area contributed by atoms with Gasteiger partial charge in [-0.15, -0.1) is 4.91 Å². The van der Waals surface area contributed by atoms with E-state index in [1.807, 2.05) is 74.5 Å². The minimum absolute atomic E-state index is 0.0975. The fraction of sp³-hybridized carbons (Fsp3) is 0.300. The third-order valence-corrected chi connectivity index (χ3v) is 6.01. The number of carbonyl (C=O) groups is 3. The molecule has 3 aromatic rings. The molecule has 254 valence electrons. The highest BCUT2D eigenvalue weighted by molar-refractivity contribution is 7.23. The molecule has 3 amide bonds. The maximum Gasteiger partial charge on any atom is 0.300 e. The van der Waals surface area contributed by atoms with Gasteiger partial charge in [-0.25, -0.2) is 0 Å². The topological polar surface area (TPSA) is 264 Å². The lowest BCUT2D eigenvalue weighted by Crippen LogP contribution is -2.54. The largest absolute Gasteiger partial charge is 0.395 e. The summed E-state index contributed by atoms with van der Waals surface area (Å²) in [4.78, 5) is 73.1. The van der Waals surface area contributed by atoms with Crippen LogP contribution in [0.2, 0.25) is 0 Å². The lowest BCUT2D eigenvalue weighted by molar-refractivity contribution is -0.384. The van der Waals surface area contributed by atoms with Crippen molar-refractivity contribution in [2.45, 2.75) is 44.8 Å². The fourth-order valence-corrected chi connectivity index (χ4v) is 3.99. The molecule has 0 aliphatic heterocycles. The van der Waals surface area contributed by atoms with Crippen LogP contribution in [-0.2, 0) is 27.2 Å². The van der Waals surface area contributed by atoms with Crippen LogP contribution >= 0.6 is 9.03 Å². The number of nitrogen functional groups attached to an aromatic ring is 1. The number of amides is 3. The fourth-order valence-electron chi connectivity index (χ4n) is 3.99. The molecule has 0 aliphatic rings. The summed E-state index contributed by atoms with van der Waals surface area (Å²) in [5.41, 5.74) is 11.7. The Bertz CT molecular complexity index is 1420. The zero-order valence-electron chi connectivity index (χ0n) is 26.0. The van der Waals surface area contributed by atoms with Crippen LogP contribution in [0.4, 0.5) is 22.7 Å². The summed E-state index contributed by atoms with van der Waals surface area (Å²) < 4.78 is 0. The van der Waals surface area contributed by atoms with Gasteiger partial charge in [0.2, 0.25) is 23.9 Å². The van der Waals surface area contributed by atoms with Crippen molar-refractivity contribution < 1.29 is 29.1 Å². The normalized spacial score (nSPS) is 11.3. The van der Waals surface area contributed by atoms with E-state index in [2.05, 4.69) is 26.4 Å². The monoisotopic (exact) mass is 672 g/mol. The second-order valence-electron chi connectivity index (χ2n) is 10.1. The number of carbonyl (C=O) groups excluding carboxylic acids is 3. The van der Waals surface area contributed by atoms with Crippen molar-refractivity contribution in [1.82, 2.24) is 16.0 Å². The molecule has 0 heterocycles. The molecule has 3 rings (SSSR count). The maximum absolute atomic E-state index is 13.1. The Hall–Kier alpha value is -5.02. The maximum atomic E-state index is 13.1. The second-order valence-corrected chi connectivity index (χ2v) is 10.3. The van der Waals surface area contributed by atoms with Crippen molar-refractivity contribution in [3.8, 4) is 0 Å². The molecule has 3 aromatic carbocycles. The Morgan fingerprint density at radius 2 is 1.45 bits per heavy atom. The summed E-state index contributed by atoms with van der Waals surface area (Å²) in [5, 5.41) is 24.6. The highest BCUT2D eigenvalue weighted by Gasteiger charge is 2.26. The van der Waals surface area contributed by atoms with Crippen LogP contribution in [0.1, 0.15) is 25.0 Å². The Labute approximate surface area is 273 Å². The molecule has 10 N–H and O–H groups in total. The van der Waals surface area contributed by atoms with Crippen molar-refractivity contribution in [2.75, 3.05) is 24.1 Å². The predicted molar refractivity (Wildman–Crippen MR) is 182 cm³/mol. The van der Waals surface area contributed by atoms with Crippen LogP contribution in [0, 0.1) is 15.0 Å². The molecule has 17 heteroatoms. The summed E-state index contributed by atoms with van der Waals surface area (Å²) in [6.07, 6.45) is 0.887. The molecule has 0 spiro atoms. The molecule has 0 saturated carbocycles. The molecule has 0 radical (unpaired) electrons. The smallest absolute Gasteiger partial charge is 0.300 e. The number of nitrogens with one attached hydrogen (secondary N) is 4. The summed E-state index contributed by atoms with van der Waals surface area (Å²) in [7, 11) is -0.917. The number of benzene rings is 3. The standard InChI is InChI=1S/C27H29N7O6.C3H9N.H3O2P/c28-24-20(11-12-23(34(39)40)25(24)33-38)29-13-14-30-26(36)22(16-19-9-5-2-6-10-19)32-27(37)21(31-17-35)15-18-7-3-1-4-8-18;1-3(2)4;1-3-2/h1-12,17,21-22,29H,13-16,28H2,(H,30,36)(H,31,35)(H,32,37);3H,4H2,1-2H3;1-3H. The molecule has 0 aliphatic carbocycles. The Morgan fingerprint density at radius 3 is 1.91 bits per heavy atom. The number of nitro benzene ring substituents is 1. The van der Waals surface area contributed by atoms with Crippen LogP contribution in [0.5, 0.6) is 0 Å². The van der Waals surface area contributed by atoms with Crippen molar-refractivity contribution in [3.05, 3.63) is 98.9 Å². The molecule has 16 nitrogen and oxygen atoms in total. The first-order chi connectivity index (χ1) is 22.5. The molecule has 0 saturated heterocycles. The molecular formula is C30H41N8O8P. The summed E-state index contributed by atoms with van der Waals surface area (Å²) in [6.45, 7) is 4.14. The molecule has 0 bridgehead atoms. The Balaban J connectivity index is 0.00000144. The number of rotatable bonds is 15. The van der Waals surface area contributed by atoms with Gasteiger partial charge in [0.05, 0.1) is 16.3 Å². The molecule has 2 unspecified atom stereocenters. The molecule has 2 atom stereocenters. The van der Waals surface area contributed by atoms with E-state index in [-0.39, 0.29) is 37.3 Å².